The van der Waals surface area contributed by atoms with Crippen molar-refractivity contribution >= 4 is 5.82 Å². The molecule has 0 aliphatic heterocycles. The number of hydrazine groups is 1. The standard InChI is InChI=1S/C14H26N4O/c1-7-10-9(3)12(18-15)17-13(16-10)11(19-8-2)14(4,5)6/h11H,7-8,15H2,1-6H3,(H,16,17,18). The first kappa shape index (κ1) is 15.9. The Bertz CT molecular complexity index is 401. The Morgan fingerprint density at radius 1 is 1.26 bits per heavy atom. The summed E-state index contributed by atoms with van der Waals surface area (Å²) >= 11 is 0. The fourth-order valence-corrected chi connectivity index (χ4v) is 2.06. The Labute approximate surface area is 115 Å². The van der Waals surface area contributed by atoms with Crippen molar-refractivity contribution in [2.45, 2.75) is 54.1 Å². The van der Waals surface area contributed by atoms with Crippen molar-refractivity contribution in [2.24, 2.45) is 11.3 Å². The predicted molar refractivity (Wildman–Crippen MR) is 77.8 cm³/mol. The minimum atomic E-state index is -0.143. The summed E-state index contributed by atoms with van der Waals surface area (Å²) in [4.78, 5) is 9.17. The molecule has 1 aromatic heterocycles. The van der Waals surface area contributed by atoms with Gasteiger partial charge in [0.25, 0.3) is 0 Å². The van der Waals surface area contributed by atoms with Gasteiger partial charge in [-0.2, -0.15) is 0 Å². The third-order valence-electron chi connectivity index (χ3n) is 3.09. The van der Waals surface area contributed by atoms with E-state index in [2.05, 4.69) is 43.1 Å². The first-order chi connectivity index (χ1) is 8.85. The molecule has 1 atom stereocenters. The zero-order valence-electron chi connectivity index (χ0n) is 12.9. The third kappa shape index (κ3) is 3.64. The van der Waals surface area contributed by atoms with E-state index in [9.17, 15) is 0 Å². The lowest BCUT2D eigenvalue weighted by Gasteiger charge is -2.29. The molecule has 0 bridgehead atoms. The molecule has 1 aromatic rings. The largest absolute Gasteiger partial charge is 0.370 e. The van der Waals surface area contributed by atoms with Gasteiger partial charge in [-0.25, -0.2) is 15.8 Å². The Kier molecular flexibility index (Phi) is 5.26. The molecule has 19 heavy (non-hydrogen) atoms. The van der Waals surface area contributed by atoms with Gasteiger partial charge in [-0.05, 0) is 25.7 Å². The number of rotatable bonds is 5. The summed E-state index contributed by atoms with van der Waals surface area (Å²) < 4.78 is 5.84. The smallest absolute Gasteiger partial charge is 0.160 e. The number of aromatic nitrogens is 2. The predicted octanol–water partition coefficient (Wildman–Crippen LogP) is 2.76. The second kappa shape index (κ2) is 6.30. The average Bonchev–Trinajstić information content (AvgIpc) is 2.35. The quantitative estimate of drug-likeness (QED) is 0.633. The molecule has 1 rings (SSSR count). The van der Waals surface area contributed by atoms with Crippen LogP contribution in [0, 0.1) is 12.3 Å². The Hall–Kier alpha value is -1.20. The fourth-order valence-electron chi connectivity index (χ4n) is 2.06. The van der Waals surface area contributed by atoms with E-state index in [1.54, 1.807) is 0 Å². The summed E-state index contributed by atoms with van der Waals surface area (Å²) in [6, 6.07) is 0. The number of hydrogen-bond donors (Lipinski definition) is 2. The van der Waals surface area contributed by atoms with Gasteiger partial charge in [-0.1, -0.05) is 27.7 Å². The molecule has 0 spiro atoms. The lowest BCUT2D eigenvalue weighted by molar-refractivity contribution is -0.0191. The molecule has 0 aliphatic rings. The van der Waals surface area contributed by atoms with Crippen LogP contribution in [0.4, 0.5) is 5.82 Å². The van der Waals surface area contributed by atoms with Crippen LogP contribution in [-0.2, 0) is 11.2 Å². The zero-order chi connectivity index (χ0) is 14.6. The van der Waals surface area contributed by atoms with Crippen LogP contribution in [0.15, 0.2) is 0 Å². The van der Waals surface area contributed by atoms with E-state index in [4.69, 9.17) is 10.6 Å². The van der Waals surface area contributed by atoms with E-state index in [-0.39, 0.29) is 11.5 Å². The Morgan fingerprint density at radius 2 is 1.89 bits per heavy atom. The number of nitrogens with zero attached hydrogens (tertiary/aromatic N) is 2. The highest BCUT2D eigenvalue weighted by atomic mass is 16.5. The number of ether oxygens (including phenoxy) is 1. The first-order valence-electron chi connectivity index (χ1n) is 6.80. The average molecular weight is 266 g/mol. The highest BCUT2D eigenvalue weighted by molar-refractivity contribution is 5.45. The van der Waals surface area contributed by atoms with E-state index < -0.39 is 0 Å². The van der Waals surface area contributed by atoms with E-state index in [1.165, 1.54) is 0 Å². The Morgan fingerprint density at radius 3 is 2.32 bits per heavy atom. The maximum atomic E-state index is 5.84. The van der Waals surface area contributed by atoms with Crippen LogP contribution in [-0.4, -0.2) is 16.6 Å². The van der Waals surface area contributed by atoms with Crippen LogP contribution in [0.2, 0.25) is 0 Å². The summed E-state index contributed by atoms with van der Waals surface area (Å²) in [7, 11) is 0. The first-order valence-corrected chi connectivity index (χ1v) is 6.80. The summed E-state index contributed by atoms with van der Waals surface area (Å²) in [6.45, 7) is 13.0. The van der Waals surface area contributed by atoms with Crippen molar-refractivity contribution in [2.75, 3.05) is 12.0 Å². The normalized spacial score (nSPS) is 13.4. The van der Waals surface area contributed by atoms with Gasteiger partial charge < -0.3 is 10.2 Å². The molecule has 0 radical (unpaired) electrons. The number of nitrogens with two attached hydrogens (primary N) is 1. The van der Waals surface area contributed by atoms with Crippen LogP contribution in [0.25, 0.3) is 0 Å². The molecular weight excluding hydrogens is 240 g/mol. The molecule has 5 heteroatoms. The summed E-state index contributed by atoms with van der Waals surface area (Å²) in [6.07, 6.45) is 0.703. The maximum absolute atomic E-state index is 5.84. The fraction of sp³-hybridized carbons (Fsp3) is 0.714. The van der Waals surface area contributed by atoms with Crippen LogP contribution in [0.3, 0.4) is 0 Å². The minimum absolute atomic E-state index is 0.0673. The third-order valence-corrected chi connectivity index (χ3v) is 3.09. The number of anilines is 1. The minimum Gasteiger partial charge on any atom is -0.370 e. The van der Waals surface area contributed by atoms with Gasteiger partial charge in [0.2, 0.25) is 0 Å². The van der Waals surface area contributed by atoms with Crippen molar-refractivity contribution in [3.63, 3.8) is 0 Å². The Balaban J connectivity index is 3.31. The lowest BCUT2D eigenvalue weighted by Crippen LogP contribution is -2.25. The molecule has 0 amide bonds. The molecule has 0 aliphatic carbocycles. The van der Waals surface area contributed by atoms with Gasteiger partial charge in [-0.3, -0.25) is 0 Å². The lowest BCUT2D eigenvalue weighted by atomic mass is 9.88. The van der Waals surface area contributed by atoms with Crippen molar-refractivity contribution in [1.82, 2.24) is 9.97 Å². The molecule has 0 fully saturated rings. The number of aryl methyl sites for hydroxylation is 1. The molecule has 0 saturated carbocycles. The van der Waals surface area contributed by atoms with Crippen LogP contribution in [0.5, 0.6) is 0 Å². The molecule has 0 aromatic carbocycles. The van der Waals surface area contributed by atoms with Gasteiger partial charge in [-0.15, -0.1) is 0 Å². The molecule has 5 nitrogen and oxygen atoms in total. The molecule has 0 saturated heterocycles. The zero-order valence-corrected chi connectivity index (χ0v) is 12.9. The molecule has 108 valence electrons. The summed E-state index contributed by atoms with van der Waals surface area (Å²) in [5, 5.41) is 0. The molecule has 3 N–H and O–H groups in total. The molecular formula is C14H26N4O. The molecule has 1 unspecified atom stereocenters. The van der Waals surface area contributed by atoms with Gasteiger partial charge in [0.1, 0.15) is 11.9 Å². The second-order valence-corrected chi connectivity index (χ2v) is 5.70. The summed E-state index contributed by atoms with van der Waals surface area (Å²) in [5.41, 5.74) is 4.59. The van der Waals surface area contributed by atoms with Crippen molar-refractivity contribution < 1.29 is 4.74 Å². The van der Waals surface area contributed by atoms with Crippen molar-refractivity contribution in [1.29, 1.82) is 0 Å². The van der Waals surface area contributed by atoms with E-state index in [0.29, 0.717) is 18.2 Å². The SMILES string of the molecule is CCOC(c1nc(CC)c(C)c(NN)n1)C(C)(C)C. The van der Waals surface area contributed by atoms with E-state index in [1.807, 2.05) is 13.8 Å². The van der Waals surface area contributed by atoms with Gasteiger partial charge >= 0.3 is 0 Å². The van der Waals surface area contributed by atoms with Crippen molar-refractivity contribution in [3.05, 3.63) is 17.1 Å². The van der Waals surface area contributed by atoms with E-state index in [0.717, 1.165) is 17.7 Å². The maximum Gasteiger partial charge on any atom is 0.160 e. The van der Waals surface area contributed by atoms with Crippen LogP contribution in [0.1, 0.15) is 57.8 Å². The van der Waals surface area contributed by atoms with Crippen LogP contribution < -0.4 is 11.3 Å². The summed E-state index contributed by atoms with van der Waals surface area (Å²) in [5.74, 6) is 6.92. The van der Waals surface area contributed by atoms with E-state index >= 15 is 0 Å². The van der Waals surface area contributed by atoms with Gasteiger partial charge in [0.05, 0.1) is 0 Å². The highest BCUT2D eigenvalue weighted by Crippen LogP contribution is 2.35. The number of nitrogen functional groups attached to an aromatic ring is 1. The van der Waals surface area contributed by atoms with Crippen LogP contribution >= 0.6 is 0 Å². The highest BCUT2D eigenvalue weighted by Gasteiger charge is 2.30. The monoisotopic (exact) mass is 266 g/mol. The topological polar surface area (TPSA) is 73.1 Å². The van der Waals surface area contributed by atoms with Gasteiger partial charge in [0.15, 0.2) is 5.82 Å². The number of hydrogen-bond acceptors (Lipinski definition) is 5. The van der Waals surface area contributed by atoms with Gasteiger partial charge in [0, 0.05) is 17.9 Å². The molecule has 1 heterocycles. The van der Waals surface area contributed by atoms with Crippen molar-refractivity contribution in [3.8, 4) is 0 Å². The second-order valence-electron chi connectivity index (χ2n) is 5.70. The number of nitrogens with one attached hydrogen (secondary N) is 1.